The van der Waals surface area contributed by atoms with Crippen molar-refractivity contribution in [1.82, 2.24) is 9.88 Å². The number of anilines is 1. The fourth-order valence-electron chi connectivity index (χ4n) is 4.83. The van der Waals surface area contributed by atoms with Crippen LogP contribution in [0.3, 0.4) is 0 Å². The number of halogens is 2. The highest BCUT2D eigenvalue weighted by molar-refractivity contribution is 7.93. The molecular weight excluding hydrogens is 512 g/mol. The normalized spacial score (nSPS) is 15.5. The summed E-state index contributed by atoms with van der Waals surface area (Å²) in [5.74, 6) is -0.290. The summed E-state index contributed by atoms with van der Waals surface area (Å²) in [5.41, 5.74) is -0.463. The van der Waals surface area contributed by atoms with E-state index in [1.165, 1.54) is 54.7 Å². The molecule has 2 heterocycles. The van der Waals surface area contributed by atoms with Gasteiger partial charge in [-0.15, -0.1) is 0 Å². The van der Waals surface area contributed by atoms with Crippen molar-refractivity contribution in [2.24, 2.45) is 0 Å². The summed E-state index contributed by atoms with van der Waals surface area (Å²) >= 11 is 0. The lowest BCUT2D eigenvalue weighted by atomic mass is 9.82. The molecule has 7 nitrogen and oxygen atoms in total. The first-order chi connectivity index (χ1) is 18.2. The molecule has 10 heteroatoms. The number of hydrogen-bond acceptors (Lipinski definition) is 5. The van der Waals surface area contributed by atoms with E-state index in [2.05, 4.69) is 9.71 Å². The molecule has 0 unspecified atom stereocenters. The first-order valence-corrected chi connectivity index (χ1v) is 13.5. The number of hydrogen-bond donors (Lipinski definition) is 2. The highest BCUT2D eigenvalue weighted by atomic mass is 32.2. The molecule has 1 aliphatic heterocycles. The van der Waals surface area contributed by atoms with Gasteiger partial charge in [0.05, 0.1) is 11.1 Å². The summed E-state index contributed by atoms with van der Waals surface area (Å²) in [4.78, 5) is 18.9. The highest BCUT2D eigenvalue weighted by Crippen LogP contribution is 2.38. The minimum atomic E-state index is -3.93. The lowest BCUT2D eigenvalue weighted by Crippen LogP contribution is -2.45. The Bertz CT molecular complexity index is 1580. The summed E-state index contributed by atoms with van der Waals surface area (Å²) in [6.45, 7) is 0.380. The number of likely N-dealkylation sites (tertiary alicyclic amines) is 1. The van der Waals surface area contributed by atoms with Crippen LogP contribution in [0.5, 0.6) is 0 Å². The van der Waals surface area contributed by atoms with E-state index in [1.807, 2.05) is 0 Å². The number of aliphatic hydroxyl groups is 1. The number of piperidine rings is 1. The minimum absolute atomic E-state index is 0.0463. The van der Waals surface area contributed by atoms with E-state index < -0.39 is 22.0 Å². The van der Waals surface area contributed by atoms with Gasteiger partial charge in [0.1, 0.15) is 4.90 Å². The molecule has 196 valence electrons. The molecule has 1 amide bonds. The summed E-state index contributed by atoms with van der Waals surface area (Å²) in [6, 6.07) is 20.4. The van der Waals surface area contributed by atoms with E-state index in [-0.39, 0.29) is 53.5 Å². The van der Waals surface area contributed by atoms with Gasteiger partial charge in [0.25, 0.3) is 22.4 Å². The molecule has 1 aliphatic rings. The van der Waals surface area contributed by atoms with Crippen molar-refractivity contribution >= 4 is 32.5 Å². The second-order valence-electron chi connectivity index (χ2n) is 9.23. The number of fused-ring (bicyclic) bond motifs is 1. The number of aromatic nitrogens is 1. The van der Waals surface area contributed by atoms with Crippen LogP contribution in [0.25, 0.3) is 10.9 Å². The van der Waals surface area contributed by atoms with Gasteiger partial charge >= 0.3 is 0 Å². The monoisotopic (exact) mass is 537 g/mol. The van der Waals surface area contributed by atoms with Gasteiger partial charge in [-0.25, -0.2) is 17.2 Å². The third kappa shape index (κ3) is 4.97. The van der Waals surface area contributed by atoms with Gasteiger partial charge in [-0.1, -0.05) is 42.5 Å². The maximum atomic E-state index is 13.5. The van der Waals surface area contributed by atoms with Crippen molar-refractivity contribution in [3.05, 3.63) is 102 Å². The average Bonchev–Trinajstić information content (AvgIpc) is 2.93. The number of benzene rings is 3. The van der Waals surface area contributed by atoms with Gasteiger partial charge in [-0.3, -0.25) is 14.5 Å². The lowest BCUT2D eigenvalue weighted by Gasteiger charge is -2.39. The minimum Gasteiger partial charge on any atom is -0.385 e. The van der Waals surface area contributed by atoms with E-state index in [0.717, 1.165) is 0 Å². The van der Waals surface area contributed by atoms with Crippen LogP contribution in [-0.2, 0) is 15.6 Å². The summed E-state index contributed by atoms with van der Waals surface area (Å²) < 4.78 is 55.5. The fourth-order valence-corrected chi connectivity index (χ4v) is 6.07. The van der Waals surface area contributed by atoms with Gasteiger partial charge < -0.3 is 10.0 Å². The van der Waals surface area contributed by atoms with Crippen molar-refractivity contribution in [3.8, 4) is 0 Å². The van der Waals surface area contributed by atoms with E-state index in [4.69, 9.17) is 0 Å². The number of para-hydroxylation sites is 1. The van der Waals surface area contributed by atoms with Crippen LogP contribution in [0, 0.1) is 0 Å². The topological polar surface area (TPSA) is 99.6 Å². The Labute approximate surface area is 218 Å². The number of rotatable bonds is 6. The third-order valence-corrected chi connectivity index (χ3v) is 8.26. The molecule has 4 aromatic rings. The summed E-state index contributed by atoms with van der Waals surface area (Å²) in [7, 11) is -3.93. The Balaban J connectivity index is 1.27. The highest BCUT2D eigenvalue weighted by Gasteiger charge is 2.38. The van der Waals surface area contributed by atoms with E-state index in [0.29, 0.717) is 16.5 Å². The zero-order valence-electron chi connectivity index (χ0n) is 20.2. The summed E-state index contributed by atoms with van der Waals surface area (Å²) in [5, 5.41) is 11.8. The number of carbonyl (C=O) groups is 1. The van der Waals surface area contributed by atoms with Crippen molar-refractivity contribution < 1.29 is 27.1 Å². The van der Waals surface area contributed by atoms with E-state index in [1.54, 1.807) is 35.2 Å². The molecule has 2 N–H and O–H groups in total. The van der Waals surface area contributed by atoms with Gasteiger partial charge in [0, 0.05) is 41.5 Å². The van der Waals surface area contributed by atoms with Gasteiger partial charge in [0.15, 0.2) is 0 Å². The molecule has 38 heavy (non-hydrogen) atoms. The number of pyridine rings is 1. The number of sulfonamides is 1. The van der Waals surface area contributed by atoms with Gasteiger partial charge in [-0.05, 0) is 54.8 Å². The Morgan fingerprint density at radius 1 is 0.947 bits per heavy atom. The molecule has 1 fully saturated rings. The molecule has 0 spiro atoms. The number of carbonyl (C=O) groups excluding carboxylic acids is 1. The second kappa shape index (κ2) is 10.1. The van der Waals surface area contributed by atoms with Crippen molar-refractivity contribution in [2.45, 2.75) is 29.8 Å². The first-order valence-electron chi connectivity index (χ1n) is 12.0. The number of nitrogens with zero attached hydrogens (tertiary/aromatic N) is 2. The van der Waals surface area contributed by atoms with Crippen molar-refractivity contribution in [3.63, 3.8) is 0 Å². The predicted molar refractivity (Wildman–Crippen MR) is 139 cm³/mol. The molecule has 1 aromatic heterocycles. The largest absolute Gasteiger partial charge is 0.385 e. The Kier molecular flexibility index (Phi) is 6.85. The van der Waals surface area contributed by atoms with Crippen LogP contribution < -0.4 is 4.72 Å². The average molecular weight is 538 g/mol. The molecular formula is C28H25F2N3O4S. The zero-order chi connectivity index (χ0) is 26.9. The Hall–Kier alpha value is -3.89. The van der Waals surface area contributed by atoms with Crippen molar-refractivity contribution in [1.29, 1.82) is 0 Å². The maximum absolute atomic E-state index is 13.5. The van der Waals surface area contributed by atoms with Gasteiger partial charge in [0.2, 0.25) is 0 Å². The van der Waals surface area contributed by atoms with Crippen LogP contribution in [0.15, 0.2) is 90.0 Å². The molecule has 0 saturated carbocycles. The van der Waals surface area contributed by atoms with Crippen molar-refractivity contribution in [2.75, 3.05) is 17.8 Å². The summed E-state index contributed by atoms with van der Waals surface area (Å²) in [6.07, 6.45) is -0.928. The molecule has 0 radical (unpaired) electrons. The SMILES string of the molecule is O=C(c1ccc(NS(=O)(=O)c2cccc3cccnc23)cc1)N1CCC(O)(c2ccccc2C(F)F)CC1. The van der Waals surface area contributed by atoms with Crippen LogP contribution >= 0.6 is 0 Å². The van der Waals surface area contributed by atoms with Crippen LogP contribution in [0.1, 0.15) is 40.8 Å². The van der Waals surface area contributed by atoms with Gasteiger partial charge in [-0.2, -0.15) is 0 Å². The fraction of sp³-hybridized carbons (Fsp3) is 0.214. The zero-order valence-corrected chi connectivity index (χ0v) is 21.0. The van der Waals surface area contributed by atoms with Crippen LogP contribution in [0.4, 0.5) is 14.5 Å². The van der Waals surface area contributed by atoms with Crippen LogP contribution in [0.2, 0.25) is 0 Å². The maximum Gasteiger partial charge on any atom is 0.264 e. The smallest absolute Gasteiger partial charge is 0.264 e. The lowest BCUT2D eigenvalue weighted by molar-refractivity contribution is -0.0239. The number of nitrogens with one attached hydrogen (secondary N) is 1. The standard InChI is InChI=1S/C28H25F2N3O4S/c29-26(30)22-7-1-2-8-23(22)28(35)14-17-33(18-15-28)27(34)20-10-12-21(13-11-20)32-38(36,37)24-9-3-5-19-6-4-16-31-25(19)24/h1-13,16,26,32,35H,14-15,17-18H2. The van der Waals surface area contributed by atoms with E-state index in [9.17, 15) is 27.1 Å². The van der Waals surface area contributed by atoms with E-state index >= 15 is 0 Å². The molecule has 5 rings (SSSR count). The quantitative estimate of drug-likeness (QED) is 0.357. The third-order valence-electron chi connectivity index (χ3n) is 6.84. The first kappa shape index (κ1) is 25.7. The molecule has 0 atom stereocenters. The Morgan fingerprint density at radius 3 is 2.34 bits per heavy atom. The molecule has 0 bridgehead atoms. The second-order valence-corrected chi connectivity index (χ2v) is 10.9. The Morgan fingerprint density at radius 2 is 1.63 bits per heavy atom. The molecule has 1 saturated heterocycles. The predicted octanol–water partition coefficient (Wildman–Crippen LogP) is 5.10. The number of amides is 1. The molecule has 0 aliphatic carbocycles. The number of alkyl halides is 2. The van der Waals surface area contributed by atoms with Crippen LogP contribution in [-0.4, -0.2) is 42.4 Å². The molecule has 3 aromatic carbocycles.